The third kappa shape index (κ3) is 8.27. The molecule has 5 nitrogen and oxygen atoms in total. The van der Waals surface area contributed by atoms with Crippen LogP contribution in [0.2, 0.25) is 0 Å². The first-order chi connectivity index (χ1) is 43.1. The van der Waals surface area contributed by atoms with Crippen LogP contribution in [0.5, 0.6) is 0 Å². The minimum absolute atomic E-state index is 0.515. The van der Waals surface area contributed by atoms with Crippen LogP contribution in [0.4, 0.5) is 0 Å². The molecule has 0 amide bonds. The summed E-state index contributed by atoms with van der Waals surface area (Å²) in [4.78, 5) is 15.9. The molecule has 0 radical (unpaired) electrons. The maximum Gasteiger partial charge on any atom is 0.164 e. The Morgan fingerprint density at radius 3 is 1.45 bits per heavy atom. The zero-order valence-electron chi connectivity index (χ0n) is 47.2. The smallest absolute Gasteiger partial charge is 0.164 e. The molecule has 17 rings (SSSR count). The fraction of sp³-hybridized carbons (Fsp3) is 0.0122. The summed E-state index contributed by atoms with van der Waals surface area (Å²) in [5.41, 5.74) is 23.7. The third-order valence-corrected chi connectivity index (χ3v) is 17.7. The number of benzene rings is 13. The third-order valence-electron chi connectivity index (χ3n) is 17.7. The molecule has 1 aliphatic carbocycles. The summed E-state index contributed by atoms with van der Waals surface area (Å²) < 4.78 is 9.16. The molecule has 87 heavy (non-hydrogen) atoms. The van der Waals surface area contributed by atoms with Crippen molar-refractivity contribution in [3.63, 3.8) is 0 Å². The monoisotopic (exact) mass is 1110 g/mol. The maximum absolute atomic E-state index is 6.71. The number of aromatic nitrogens is 4. The Bertz CT molecular complexity index is 5230. The van der Waals surface area contributed by atoms with Gasteiger partial charge in [-0.1, -0.05) is 243 Å². The lowest BCUT2D eigenvalue weighted by atomic mass is 9.67. The normalized spacial score (nSPS) is 12.5. The molecule has 13 aromatic carbocycles. The van der Waals surface area contributed by atoms with Gasteiger partial charge in [-0.2, -0.15) is 0 Å². The van der Waals surface area contributed by atoms with E-state index in [1.54, 1.807) is 0 Å². The Kier molecular flexibility index (Phi) is 11.7. The second kappa shape index (κ2) is 20.4. The van der Waals surface area contributed by atoms with Gasteiger partial charge < -0.3 is 8.98 Å². The number of hydrogen-bond donors (Lipinski definition) is 0. The average Bonchev–Trinajstić information content (AvgIpc) is 1.58. The van der Waals surface area contributed by atoms with Gasteiger partial charge in [-0.3, -0.25) is 0 Å². The molecular formula is C82H52N4O. The van der Waals surface area contributed by atoms with Crippen LogP contribution >= 0.6 is 0 Å². The molecule has 3 aromatic heterocycles. The van der Waals surface area contributed by atoms with Crippen molar-refractivity contribution in [3.8, 4) is 95.5 Å². The maximum atomic E-state index is 6.71. The van der Waals surface area contributed by atoms with Gasteiger partial charge in [-0.25, -0.2) is 15.0 Å². The summed E-state index contributed by atoms with van der Waals surface area (Å²) in [6.07, 6.45) is 0. The number of para-hydroxylation sites is 1. The second-order valence-corrected chi connectivity index (χ2v) is 22.6. The fourth-order valence-electron chi connectivity index (χ4n) is 13.8. The summed E-state index contributed by atoms with van der Waals surface area (Å²) >= 11 is 0. The van der Waals surface area contributed by atoms with E-state index in [1.807, 2.05) is 30.3 Å². The molecule has 1 aliphatic rings. The lowest BCUT2D eigenvalue weighted by Gasteiger charge is -2.34. The van der Waals surface area contributed by atoms with Crippen molar-refractivity contribution >= 4 is 43.7 Å². The molecule has 16 aromatic rings. The quantitative estimate of drug-likeness (QED) is 0.137. The molecule has 406 valence electrons. The van der Waals surface area contributed by atoms with E-state index >= 15 is 0 Å². The van der Waals surface area contributed by atoms with Gasteiger partial charge in [0, 0.05) is 43.9 Å². The molecule has 0 fully saturated rings. The summed E-state index contributed by atoms with van der Waals surface area (Å²) in [5, 5.41) is 4.30. The largest absolute Gasteiger partial charge is 0.456 e. The number of rotatable bonds is 10. The molecule has 0 unspecified atom stereocenters. The summed E-state index contributed by atoms with van der Waals surface area (Å²) in [6, 6.07) is 113. The molecule has 0 spiro atoms. The molecule has 0 saturated heterocycles. The SMILES string of the molecule is c1ccc(-c2cc(-c3ccccc3)cc(-c3cccc(-c4nc(-c5ccccc5)nc(-c5cccc6oc7ccc(-c8ccc9c(c8)c8ccccc8n9-c8ccc9c(c8)C(c8ccccc8)(c8ccccc8)c8ccccc8-9)cc7c56)n4)c3)c2)cc1. The standard InChI is InChI=1S/C82H52N4O/c1-6-22-53(23-7-1)60-47-61(54-24-8-2-9-25-54)49-62(48-60)56-28-20-29-59(46-56)80-83-79(55-26-10-3-11-27-55)84-81(85-80)69-36-21-39-77-78(69)71-51-58(41-45-76(71)87-77)57-40-44-75-70(50-57)68-35-17-19-38-74(68)86(75)65-42-43-67-66-34-16-18-37-72(66)82(73(67)52-65,63-30-12-4-13-31-63)64-32-14-5-15-33-64/h1-52H. The second-order valence-electron chi connectivity index (χ2n) is 22.6. The Hall–Kier alpha value is -11.5. The van der Waals surface area contributed by atoms with Crippen LogP contribution in [0.15, 0.2) is 320 Å². The van der Waals surface area contributed by atoms with Crippen LogP contribution in [-0.2, 0) is 5.41 Å². The summed E-state index contributed by atoms with van der Waals surface area (Å²) in [7, 11) is 0. The van der Waals surface area contributed by atoms with E-state index in [0.29, 0.717) is 17.5 Å². The van der Waals surface area contributed by atoms with Gasteiger partial charge in [0.25, 0.3) is 0 Å². The van der Waals surface area contributed by atoms with Gasteiger partial charge in [0.15, 0.2) is 17.5 Å². The first-order valence-electron chi connectivity index (χ1n) is 29.6. The van der Waals surface area contributed by atoms with Gasteiger partial charge in [0.1, 0.15) is 11.2 Å². The Balaban J connectivity index is 0.786. The van der Waals surface area contributed by atoms with Crippen molar-refractivity contribution < 1.29 is 4.42 Å². The van der Waals surface area contributed by atoms with Gasteiger partial charge in [-0.05, 0) is 151 Å². The van der Waals surface area contributed by atoms with Crippen LogP contribution in [0, 0.1) is 0 Å². The van der Waals surface area contributed by atoms with Gasteiger partial charge in [0.05, 0.1) is 16.4 Å². The van der Waals surface area contributed by atoms with Crippen LogP contribution in [0.3, 0.4) is 0 Å². The predicted molar refractivity (Wildman–Crippen MR) is 357 cm³/mol. The van der Waals surface area contributed by atoms with Gasteiger partial charge in [0.2, 0.25) is 0 Å². The van der Waals surface area contributed by atoms with E-state index in [4.69, 9.17) is 19.4 Å². The van der Waals surface area contributed by atoms with E-state index in [1.165, 1.54) is 44.2 Å². The predicted octanol–water partition coefficient (Wildman–Crippen LogP) is 20.9. The van der Waals surface area contributed by atoms with E-state index in [2.05, 4.69) is 290 Å². The number of furan rings is 1. The molecule has 0 aliphatic heterocycles. The lowest BCUT2D eigenvalue weighted by molar-refractivity contribution is 0.669. The zero-order chi connectivity index (χ0) is 57.4. The van der Waals surface area contributed by atoms with Gasteiger partial charge in [-0.15, -0.1) is 0 Å². The Morgan fingerprint density at radius 1 is 0.264 bits per heavy atom. The lowest BCUT2D eigenvalue weighted by Crippen LogP contribution is -2.28. The Labute approximate surface area is 503 Å². The fourth-order valence-corrected chi connectivity index (χ4v) is 13.8. The van der Waals surface area contributed by atoms with Crippen molar-refractivity contribution in [1.29, 1.82) is 0 Å². The van der Waals surface area contributed by atoms with Crippen molar-refractivity contribution in [2.45, 2.75) is 5.41 Å². The highest BCUT2D eigenvalue weighted by Gasteiger charge is 2.46. The van der Waals surface area contributed by atoms with Crippen molar-refractivity contribution in [2.24, 2.45) is 0 Å². The first kappa shape index (κ1) is 50.0. The first-order valence-corrected chi connectivity index (χ1v) is 29.6. The molecular weight excluding hydrogens is 1060 g/mol. The summed E-state index contributed by atoms with van der Waals surface area (Å²) in [5.74, 6) is 1.74. The number of hydrogen-bond acceptors (Lipinski definition) is 4. The van der Waals surface area contributed by atoms with Gasteiger partial charge >= 0.3 is 0 Å². The van der Waals surface area contributed by atoms with Crippen LogP contribution in [-0.4, -0.2) is 19.5 Å². The molecule has 0 bridgehead atoms. The molecule has 0 saturated carbocycles. The van der Waals surface area contributed by atoms with E-state index in [9.17, 15) is 0 Å². The number of nitrogens with zero attached hydrogens (tertiary/aromatic N) is 4. The van der Waals surface area contributed by atoms with Crippen molar-refractivity contribution in [3.05, 3.63) is 338 Å². The van der Waals surface area contributed by atoms with E-state index in [-0.39, 0.29) is 0 Å². The topological polar surface area (TPSA) is 56.7 Å². The van der Waals surface area contributed by atoms with E-state index in [0.717, 1.165) is 99.9 Å². The van der Waals surface area contributed by atoms with E-state index < -0.39 is 5.41 Å². The molecule has 5 heteroatoms. The van der Waals surface area contributed by atoms with Crippen molar-refractivity contribution in [2.75, 3.05) is 0 Å². The minimum atomic E-state index is -0.515. The highest BCUT2D eigenvalue weighted by molar-refractivity contribution is 6.14. The zero-order valence-corrected chi connectivity index (χ0v) is 47.2. The minimum Gasteiger partial charge on any atom is -0.456 e. The highest BCUT2D eigenvalue weighted by atomic mass is 16.3. The Morgan fingerprint density at radius 2 is 0.747 bits per heavy atom. The molecule has 3 heterocycles. The van der Waals surface area contributed by atoms with Crippen LogP contribution < -0.4 is 0 Å². The van der Waals surface area contributed by atoms with Crippen molar-refractivity contribution in [1.82, 2.24) is 19.5 Å². The summed E-state index contributed by atoms with van der Waals surface area (Å²) in [6.45, 7) is 0. The molecule has 0 N–H and O–H groups in total. The van der Waals surface area contributed by atoms with Crippen LogP contribution in [0.25, 0.3) is 139 Å². The average molecular weight is 1110 g/mol. The highest BCUT2D eigenvalue weighted by Crippen LogP contribution is 2.57. The molecule has 0 atom stereocenters. The van der Waals surface area contributed by atoms with Crippen LogP contribution in [0.1, 0.15) is 22.3 Å². The number of fused-ring (bicyclic) bond motifs is 9.